The van der Waals surface area contributed by atoms with Crippen LogP contribution in [0.25, 0.3) is 0 Å². The van der Waals surface area contributed by atoms with Crippen molar-refractivity contribution in [2.45, 2.75) is 51.4 Å². The highest BCUT2D eigenvalue weighted by molar-refractivity contribution is 5.80. The molecular formula is C15H26N2O5. The summed E-state index contributed by atoms with van der Waals surface area (Å²) in [6, 6.07) is -0.250. The average Bonchev–Trinajstić information content (AvgIpc) is 2.88. The highest BCUT2D eigenvalue weighted by Crippen LogP contribution is 2.35. The van der Waals surface area contributed by atoms with Crippen molar-refractivity contribution in [2.24, 2.45) is 5.92 Å². The first-order valence-corrected chi connectivity index (χ1v) is 7.95. The molecule has 22 heavy (non-hydrogen) atoms. The van der Waals surface area contributed by atoms with E-state index in [1.54, 1.807) is 0 Å². The van der Waals surface area contributed by atoms with E-state index < -0.39 is 11.8 Å². The summed E-state index contributed by atoms with van der Waals surface area (Å²) in [5.74, 6) is -1.22. The van der Waals surface area contributed by atoms with Crippen molar-refractivity contribution >= 4 is 12.0 Å². The molecule has 1 saturated carbocycles. The van der Waals surface area contributed by atoms with Crippen LogP contribution in [0.4, 0.5) is 4.79 Å². The number of rotatable bonds is 5. The molecule has 0 aromatic carbocycles. The van der Waals surface area contributed by atoms with Crippen molar-refractivity contribution < 1.29 is 24.2 Å². The molecule has 1 spiro atoms. The molecule has 2 N–H and O–H groups in total. The number of nitrogens with zero attached hydrogens (tertiary/aromatic N) is 1. The van der Waals surface area contributed by atoms with E-state index in [4.69, 9.17) is 14.6 Å². The smallest absolute Gasteiger partial charge is 0.323 e. The fraction of sp³-hybridized carbons (Fsp3) is 0.867. The predicted octanol–water partition coefficient (Wildman–Crippen LogP) is 1.42. The lowest BCUT2D eigenvalue weighted by Gasteiger charge is -2.36. The van der Waals surface area contributed by atoms with Crippen molar-refractivity contribution in [3.8, 4) is 0 Å². The normalized spacial score (nSPS) is 21.2. The third-order valence-corrected chi connectivity index (χ3v) is 4.09. The van der Waals surface area contributed by atoms with Crippen LogP contribution >= 0.6 is 0 Å². The summed E-state index contributed by atoms with van der Waals surface area (Å²) in [5, 5.41) is 11.9. The Morgan fingerprint density at radius 2 is 1.86 bits per heavy atom. The number of aliphatic carboxylic acids is 1. The first kappa shape index (κ1) is 17.0. The number of carboxylic acids is 1. The number of carbonyl (C=O) groups excluding carboxylic acids is 1. The van der Waals surface area contributed by atoms with Crippen molar-refractivity contribution in [1.82, 2.24) is 10.2 Å². The molecular weight excluding hydrogens is 288 g/mol. The van der Waals surface area contributed by atoms with Gasteiger partial charge in [-0.25, -0.2) is 4.79 Å². The lowest BCUT2D eigenvalue weighted by atomic mass is 9.90. The molecule has 0 atom stereocenters. The fourth-order valence-electron chi connectivity index (χ4n) is 3.08. The molecule has 2 fully saturated rings. The van der Waals surface area contributed by atoms with E-state index in [2.05, 4.69) is 5.32 Å². The number of hydrogen-bond donors (Lipinski definition) is 2. The van der Waals surface area contributed by atoms with Gasteiger partial charge in [-0.15, -0.1) is 0 Å². The second-order valence-electron chi connectivity index (χ2n) is 6.50. The third-order valence-electron chi connectivity index (χ3n) is 4.09. The molecule has 1 aliphatic carbocycles. The zero-order valence-corrected chi connectivity index (χ0v) is 13.3. The van der Waals surface area contributed by atoms with Crippen LogP contribution < -0.4 is 5.32 Å². The van der Waals surface area contributed by atoms with Crippen LogP contribution in [-0.4, -0.2) is 60.1 Å². The van der Waals surface area contributed by atoms with E-state index >= 15 is 0 Å². The molecule has 126 valence electrons. The maximum absolute atomic E-state index is 12.3. The maximum Gasteiger partial charge on any atom is 0.323 e. The molecule has 2 amide bonds. The summed E-state index contributed by atoms with van der Waals surface area (Å²) in [6.07, 6.45) is 3.10. The number of hydrogen-bond acceptors (Lipinski definition) is 4. The summed E-state index contributed by atoms with van der Waals surface area (Å²) in [6.45, 7) is 5.35. The minimum atomic E-state index is -0.994. The monoisotopic (exact) mass is 314 g/mol. The van der Waals surface area contributed by atoms with E-state index in [9.17, 15) is 9.59 Å². The van der Waals surface area contributed by atoms with Gasteiger partial charge in [0.1, 0.15) is 6.54 Å². The van der Waals surface area contributed by atoms with Gasteiger partial charge in [0.2, 0.25) is 0 Å². The standard InChI is InChI=1S/C15H26N2O5/c1-11(2)9-17(10-13(18)19)14(20)16-12-3-5-15(6-4-12)21-7-8-22-15/h11-12H,3-10H2,1-2H3,(H,16,20)(H,18,19). The van der Waals surface area contributed by atoms with E-state index in [0.29, 0.717) is 19.8 Å². The Balaban J connectivity index is 1.83. The SMILES string of the molecule is CC(C)CN(CC(=O)O)C(=O)NC1CCC2(CC1)OCCO2. The van der Waals surface area contributed by atoms with Crippen LogP contribution in [0, 0.1) is 5.92 Å². The number of carbonyl (C=O) groups is 2. The zero-order valence-electron chi connectivity index (χ0n) is 13.3. The minimum absolute atomic E-state index is 0.0504. The third kappa shape index (κ3) is 4.58. The highest BCUT2D eigenvalue weighted by atomic mass is 16.7. The molecule has 2 rings (SSSR count). The van der Waals surface area contributed by atoms with Gasteiger partial charge in [-0.05, 0) is 18.8 Å². The molecule has 0 bridgehead atoms. The Kier molecular flexibility index (Phi) is 5.63. The van der Waals surface area contributed by atoms with Gasteiger partial charge in [0, 0.05) is 25.4 Å². The Labute approximate surface area is 130 Å². The average molecular weight is 314 g/mol. The second kappa shape index (κ2) is 7.28. The molecule has 0 radical (unpaired) electrons. The van der Waals surface area contributed by atoms with Gasteiger partial charge in [-0.3, -0.25) is 4.79 Å². The number of ether oxygens (including phenoxy) is 2. The Bertz CT molecular complexity index is 397. The highest BCUT2D eigenvalue weighted by Gasteiger charge is 2.40. The lowest BCUT2D eigenvalue weighted by molar-refractivity contribution is -0.179. The summed E-state index contributed by atoms with van der Waals surface area (Å²) in [7, 11) is 0. The summed E-state index contributed by atoms with van der Waals surface area (Å²) in [4.78, 5) is 24.5. The topological polar surface area (TPSA) is 88.1 Å². The van der Waals surface area contributed by atoms with E-state index in [0.717, 1.165) is 25.7 Å². The second-order valence-corrected chi connectivity index (χ2v) is 6.50. The van der Waals surface area contributed by atoms with Crippen LogP contribution in [0.1, 0.15) is 39.5 Å². The lowest BCUT2D eigenvalue weighted by Crippen LogP contribution is -2.50. The Hall–Kier alpha value is -1.34. The molecule has 7 heteroatoms. The quantitative estimate of drug-likeness (QED) is 0.801. The molecule has 1 saturated heterocycles. The predicted molar refractivity (Wildman–Crippen MR) is 79.5 cm³/mol. The summed E-state index contributed by atoms with van der Waals surface area (Å²) < 4.78 is 11.3. The molecule has 0 aromatic rings. The van der Waals surface area contributed by atoms with Gasteiger partial charge in [0.15, 0.2) is 5.79 Å². The van der Waals surface area contributed by atoms with Gasteiger partial charge in [-0.1, -0.05) is 13.8 Å². The van der Waals surface area contributed by atoms with Crippen LogP contribution in [0.15, 0.2) is 0 Å². The molecule has 2 aliphatic rings. The number of carboxylic acid groups (broad SMARTS) is 1. The number of urea groups is 1. The maximum atomic E-state index is 12.3. The van der Waals surface area contributed by atoms with E-state index in [1.165, 1.54) is 4.90 Å². The minimum Gasteiger partial charge on any atom is -0.480 e. The van der Waals surface area contributed by atoms with Gasteiger partial charge in [0.05, 0.1) is 13.2 Å². The van der Waals surface area contributed by atoms with Crippen molar-refractivity contribution in [3.05, 3.63) is 0 Å². The number of amides is 2. The largest absolute Gasteiger partial charge is 0.480 e. The Morgan fingerprint density at radius 1 is 1.27 bits per heavy atom. The van der Waals surface area contributed by atoms with Crippen LogP contribution in [-0.2, 0) is 14.3 Å². The fourth-order valence-corrected chi connectivity index (χ4v) is 3.08. The van der Waals surface area contributed by atoms with Gasteiger partial charge in [0.25, 0.3) is 0 Å². The van der Waals surface area contributed by atoms with Crippen LogP contribution in [0.5, 0.6) is 0 Å². The molecule has 1 heterocycles. The first-order chi connectivity index (χ1) is 10.4. The van der Waals surface area contributed by atoms with Crippen molar-refractivity contribution in [3.63, 3.8) is 0 Å². The first-order valence-electron chi connectivity index (χ1n) is 7.95. The summed E-state index contributed by atoms with van der Waals surface area (Å²) in [5.41, 5.74) is 0. The van der Waals surface area contributed by atoms with Gasteiger partial charge >= 0.3 is 12.0 Å². The molecule has 7 nitrogen and oxygen atoms in total. The number of nitrogens with one attached hydrogen (secondary N) is 1. The van der Waals surface area contributed by atoms with E-state index in [-0.39, 0.29) is 24.5 Å². The molecule has 0 unspecified atom stereocenters. The van der Waals surface area contributed by atoms with Gasteiger partial charge < -0.3 is 24.8 Å². The van der Waals surface area contributed by atoms with Crippen molar-refractivity contribution in [2.75, 3.05) is 26.3 Å². The molecule has 0 aromatic heterocycles. The summed E-state index contributed by atoms with van der Waals surface area (Å²) >= 11 is 0. The van der Waals surface area contributed by atoms with Crippen LogP contribution in [0.3, 0.4) is 0 Å². The Morgan fingerprint density at radius 3 is 2.36 bits per heavy atom. The zero-order chi connectivity index (χ0) is 16.2. The van der Waals surface area contributed by atoms with Crippen LogP contribution in [0.2, 0.25) is 0 Å². The van der Waals surface area contributed by atoms with Gasteiger partial charge in [-0.2, -0.15) is 0 Å². The van der Waals surface area contributed by atoms with Crippen molar-refractivity contribution in [1.29, 1.82) is 0 Å². The molecule has 1 aliphatic heterocycles. The van der Waals surface area contributed by atoms with E-state index in [1.807, 2.05) is 13.8 Å².